The first-order valence-electron chi connectivity index (χ1n) is 6.85. The van der Waals surface area contributed by atoms with Gasteiger partial charge in [-0.3, -0.25) is 10.1 Å². The Morgan fingerprint density at radius 1 is 1.46 bits per heavy atom. The molecular weight excluding hydrogens is 378 g/mol. The molecule has 0 aliphatic rings. The molecular formula is C16H16BrN3O4. The predicted molar refractivity (Wildman–Crippen MR) is 92.3 cm³/mol. The molecule has 126 valence electrons. The quantitative estimate of drug-likeness (QED) is 0.419. The van der Waals surface area contributed by atoms with Gasteiger partial charge in [-0.2, -0.15) is 5.26 Å². The summed E-state index contributed by atoms with van der Waals surface area (Å²) < 4.78 is 11.6. The average molecular weight is 394 g/mol. The number of imide groups is 1. The maximum Gasteiger partial charge on any atom is 0.319 e. The lowest BCUT2D eigenvalue weighted by Gasteiger charge is -2.13. The van der Waals surface area contributed by atoms with Crippen LogP contribution in [-0.4, -0.2) is 25.2 Å². The maximum absolute atomic E-state index is 11.7. The van der Waals surface area contributed by atoms with Gasteiger partial charge in [0, 0.05) is 0 Å². The third-order valence-electron chi connectivity index (χ3n) is 2.59. The Morgan fingerprint density at radius 2 is 2.17 bits per heavy atom. The number of rotatable bonds is 7. The maximum atomic E-state index is 11.7. The summed E-state index contributed by atoms with van der Waals surface area (Å²) in [6.45, 7) is 6.09. The first kappa shape index (κ1) is 19.3. The molecule has 1 rings (SSSR count). The first-order valence-corrected chi connectivity index (χ1v) is 7.64. The standard InChI is InChI=1S/C16H16BrN3O4/c1-3-5-24-14-12(17)7-10(8-13(14)23-4-2)6-11(9-18)15(21)20-16(19)22/h3,6-8H,1,4-5H2,2H3,(H3,19,20,21,22)/b11-6-. The van der Waals surface area contributed by atoms with Gasteiger partial charge in [0.2, 0.25) is 0 Å². The second kappa shape index (κ2) is 9.37. The predicted octanol–water partition coefficient (Wildman–Crippen LogP) is 2.51. The molecule has 0 spiro atoms. The summed E-state index contributed by atoms with van der Waals surface area (Å²) in [5, 5.41) is 10.9. The normalized spacial score (nSPS) is 10.5. The van der Waals surface area contributed by atoms with Crippen molar-refractivity contribution >= 4 is 33.9 Å². The van der Waals surface area contributed by atoms with Gasteiger partial charge in [0.15, 0.2) is 11.5 Å². The number of benzene rings is 1. The van der Waals surface area contributed by atoms with Crippen LogP contribution in [0.1, 0.15) is 12.5 Å². The zero-order valence-corrected chi connectivity index (χ0v) is 14.6. The Balaban J connectivity index is 3.26. The molecule has 24 heavy (non-hydrogen) atoms. The van der Waals surface area contributed by atoms with Crippen LogP contribution in [0, 0.1) is 11.3 Å². The van der Waals surface area contributed by atoms with Gasteiger partial charge >= 0.3 is 6.03 Å². The highest BCUT2D eigenvalue weighted by Gasteiger charge is 2.14. The van der Waals surface area contributed by atoms with Crippen molar-refractivity contribution in [1.29, 1.82) is 5.26 Å². The van der Waals surface area contributed by atoms with Crippen molar-refractivity contribution in [3.63, 3.8) is 0 Å². The fraction of sp³-hybridized carbons (Fsp3) is 0.188. The highest BCUT2D eigenvalue weighted by Crippen LogP contribution is 2.37. The molecule has 0 bridgehead atoms. The van der Waals surface area contributed by atoms with E-state index in [0.717, 1.165) is 0 Å². The highest BCUT2D eigenvalue weighted by atomic mass is 79.9. The van der Waals surface area contributed by atoms with E-state index in [2.05, 4.69) is 22.5 Å². The Bertz CT molecular complexity index is 723. The number of hydrogen-bond acceptors (Lipinski definition) is 5. The van der Waals surface area contributed by atoms with Crippen LogP contribution in [0.5, 0.6) is 11.5 Å². The van der Waals surface area contributed by atoms with Crippen molar-refractivity contribution in [1.82, 2.24) is 5.32 Å². The van der Waals surface area contributed by atoms with Crippen LogP contribution in [-0.2, 0) is 4.79 Å². The molecule has 3 N–H and O–H groups in total. The summed E-state index contributed by atoms with van der Waals surface area (Å²) in [4.78, 5) is 22.4. The van der Waals surface area contributed by atoms with Crippen molar-refractivity contribution in [2.24, 2.45) is 5.73 Å². The lowest BCUT2D eigenvalue weighted by atomic mass is 10.1. The van der Waals surface area contributed by atoms with Crippen LogP contribution in [0.3, 0.4) is 0 Å². The first-order chi connectivity index (χ1) is 11.4. The van der Waals surface area contributed by atoms with Crippen molar-refractivity contribution < 1.29 is 19.1 Å². The summed E-state index contributed by atoms with van der Waals surface area (Å²) in [7, 11) is 0. The van der Waals surface area contributed by atoms with Crippen molar-refractivity contribution in [2.45, 2.75) is 6.92 Å². The molecule has 0 saturated carbocycles. The number of carbonyl (C=O) groups excluding carboxylic acids is 2. The molecule has 8 heteroatoms. The van der Waals surface area contributed by atoms with Crippen LogP contribution in [0.2, 0.25) is 0 Å². The fourth-order valence-corrected chi connectivity index (χ4v) is 2.29. The van der Waals surface area contributed by atoms with Crippen molar-refractivity contribution in [3.05, 3.63) is 40.4 Å². The van der Waals surface area contributed by atoms with E-state index in [4.69, 9.17) is 20.5 Å². The minimum atomic E-state index is -1.04. The van der Waals surface area contributed by atoms with Crippen LogP contribution < -0.4 is 20.5 Å². The number of hydrogen-bond donors (Lipinski definition) is 2. The minimum absolute atomic E-state index is 0.275. The number of amides is 3. The second-order valence-corrected chi connectivity index (χ2v) is 5.21. The van der Waals surface area contributed by atoms with Gasteiger partial charge in [0.25, 0.3) is 5.91 Å². The van der Waals surface area contributed by atoms with Gasteiger partial charge in [-0.15, -0.1) is 0 Å². The number of ether oxygens (including phenoxy) is 2. The van der Waals surface area contributed by atoms with E-state index in [9.17, 15) is 9.59 Å². The van der Waals surface area contributed by atoms with Crippen LogP contribution >= 0.6 is 15.9 Å². The third-order valence-corrected chi connectivity index (χ3v) is 3.18. The monoisotopic (exact) mass is 393 g/mol. The Morgan fingerprint density at radius 3 is 2.71 bits per heavy atom. The van der Waals surface area contributed by atoms with Crippen molar-refractivity contribution in [3.8, 4) is 17.6 Å². The van der Waals surface area contributed by atoms with Crippen LogP contribution in [0.15, 0.2) is 34.8 Å². The second-order valence-electron chi connectivity index (χ2n) is 4.35. The molecule has 0 atom stereocenters. The summed E-state index contributed by atoms with van der Waals surface area (Å²) >= 11 is 3.36. The topological polar surface area (TPSA) is 114 Å². The number of carbonyl (C=O) groups is 2. The number of primary amides is 1. The molecule has 1 aromatic rings. The van der Waals surface area contributed by atoms with E-state index in [1.165, 1.54) is 6.08 Å². The molecule has 0 heterocycles. The van der Waals surface area contributed by atoms with Crippen molar-refractivity contribution in [2.75, 3.05) is 13.2 Å². The molecule has 0 aliphatic heterocycles. The smallest absolute Gasteiger partial charge is 0.319 e. The Hall–Kier alpha value is -2.79. The lowest BCUT2D eigenvalue weighted by Crippen LogP contribution is -2.35. The summed E-state index contributed by atoms with van der Waals surface area (Å²) in [6, 6.07) is 3.94. The molecule has 3 amide bonds. The summed E-state index contributed by atoms with van der Waals surface area (Å²) in [5.74, 6) is 0.0348. The van der Waals surface area contributed by atoms with E-state index in [0.29, 0.717) is 34.7 Å². The largest absolute Gasteiger partial charge is 0.490 e. The van der Waals surface area contributed by atoms with E-state index in [1.807, 2.05) is 12.2 Å². The van der Waals surface area contributed by atoms with Gasteiger partial charge in [-0.1, -0.05) is 12.7 Å². The van der Waals surface area contributed by atoms with E-state index >= 15 is 0 Å². The molecule has 0 radical (unpaired) electrons. The van der Waals surface area contributed by atoms with Gasteiger partial charge in [0.05, 0.1) is 11.1 Å². The van der Waals surface area contributed by atoms with Gasteiger partial charge in [-0.25, -0.2) is 4.79 Å². The van der Waals surface area contributed by atoms with Crippen LogP contribution in [0.4, 0.5) is 4.79 Å². The molecule has 0 aromatic heterocycles. The minimum Gasteiger partial charge on any atom is -0.490 e. The van der Waals surface area contributed by atoms with E-state index in [-0.39, 0.29) is 5.57 Å². The van der Waals surface area contributed by atoms with Gasteiger partial charge in [-0.05, 0) is 46.6 Å². The fourth-order valence-electron chi connectivity index (χ4n) is 1.71. The highest BCUT2D eigenvalue weighted by molar-refractivity contribution is 9.10. The molecule has 0 aliphatic carbocycles. The molecule has 1 aromatic carbocycles. The van der Waals surface area contributed by atoms with E-state index in [1.54, 1.807) is 24.3 Å². The summed E-state index contributed by atoms with van der Waals surface area (Å²) in [5.41, 5.74) is 5.11. The van der Waals surface area contributed by atoms with Gasteiger partial charge < -0.3 is 15.2 Å². The number of nitriles is 1. The SMILES string of the molecule is C=CCOc1c(Br)cc(/C=C(/C#N)C(=O)NC(N)=O)cc1OCC. The molecule has 7 nitrogen and oxygen atoms in total. The lowest BCUT2D eigenvalue weighted by molar-refractivity contribution is -0.115. The number of nitrogens with two attached hydrogens (primary N) is 1. The Labute approximate surface area is 147 Å². The molecule has 0 unspecified atom stereocenters. The zero-order valence-electron chi connectivity index (χ0n) is 13.0. The average Bonchev–Trinajstić information content (AvgIpc) is 2.51. The number of halogens is 1. The van der Waals surface area contributed by atoms with Gasteiger partial charge in [0.1, 0.15) is 18.2 Å². The van der Waals surface area contributed by atoms with Crippen LogP contribution in [0.25, 0.3) is 6.08 Å². The number of urea groups is 1. The summed E-state index contributed by atoms with van der Waals surface area (Å²) in [6.07, 6.45) is 2.90. The zero-order chi connectivity index (χ0) is 18.1. The molecule has 0 saturated heterocycles. The number of nitrogens with one attached hydrogen (secondary N) is 1. The Kier molecular flexibility index (Phi) is 7.52. The number of nitrogens with zero attached hydrogens (tertiary/aromatic N) is 1. The third kappa shape index (κ3) is 5.44. The van der Waals surface area contributed by atoms with E-state index < -0.39 is 11.9 Å². The molecule has 0 fully saturated rings.